The number of nitrogens with zero attached hydrogens (tertiary/aromatic N) is 4. The SMILES string of the molecule is [N-]=[N+]=N[C@H]1C[C@H](n2ccc(=O)[nH]c2=O)O[C@@H]1CO. The van der Waals surface area contributed by atoms with Gasteiger partial charge in [0.15, 0.2) is 0 Å². The molecule has 1 aliphatic heterocycles. The summed E-state index contributed by atoms with van der Waals surface area (Å²) in [5.41, 5.74) is 7.29. The van der Waals surface area contributed by atoms with Crippen molar-refractivity contribution < 1.29 is 9.84 Å². The van der Waals surface area contributed by atoms with Gasteiger partial charge in [0.1, 0.15) is 6.23 Å². The van der Waals surface area contributed by atoms with Crippen LogP contribution in [0, 0.1) is 0 Å². The molecule has 96 valence electrons. The Labute approximate surface area is 100 Å². The molecule has 0 spiro atoms. The maximum atomic E-state index is 11.5. The average molecular weight is 253 g/mol. The van der Waals surface area contributed by atoms with Crippen LogP contribution in [0.15, 0.2) is 27.0 Å². The summed E-state index contributed by atoms with van der Waals surface area (Å²) in [6, 6.07) is 0.656. The van der Waals surface area contributed by atoms with Gasteiger partial charge in [-0.3, -0.25) is 14.3 Å². The summed E-state index contributed by atoms with van der Waals surface area (Å²) in [6.45, 7) is -0.307. The first-order chi connectivity index (χ1) is 8.65. The highest BCUT2D eigenvalue weighted by Crippen LogP contribution is 2.29. The van der Waals surface area contributed by atoms with Crippen LogP contribution in [0.25, 0.3) is 10.4 Å². The molecule has 9 heteroatoms. The molecule has 3 atom stereocenters. The van der Waals surface area contributed by atoms with Crippen LogP contribution in [0.3, 0.4) is 0 Å². The normalized spacial score (nSPS) is 26.8. The number of hydrogen-bond donors (Lipinski definition) is 2. The van der Waals surface area contributed by atoms with Crippen LogP contribution in [0.4, 0.5) is 0 Å². The van der Waals surface area contributed by atoms with E-state index in [1.54, 1.807) is 0 Å². The summed E-state index contributed by atoms with van der Waals surface area (Å²) in [6.07, 6.45) is 0.256. The summed E-state index contributed by atoms with van der Waals surface area (Å²) < 4.78 is 6.60. The van der Waals surface area contributed by atoms with Crippen LogP contribution < -0.4 is 11.2 Å². The zero-order valence-electron chi connectivity index (χ0n) is 9.26. The lowest BCUT2D eigenvalue weighted by Crippen LogP contribution is -2.31. The van der Waals surface area contributed by atoms with Crippen molar-refractivity contribution in [1.29, 1.82) is 0 Å². The van der Waals surface area contributed by atoms with Gasteiger partial charge in [-0.25, -0.2) is 4.79 Å². The monoisotopic (exact) mass is 253 g/mol. The van der Waals surface area contributed by atoms with Gasteiger partial charge in [-0.05, 0) is 5.53 Å². The van der Waals surface area contributed by atoms with Gasteiger partial charge in [0, 0.05) is 23.6 Å². The molecule has 2 N–H and O–H groups in total. The number of nitrogens with one attached hydrogen (secondary N) is 1. The number of aliphatic hydroxyl groups is 1. The molecule has 1 aromatic rings. The molecule has 1 saturated heterocycles. The molecular formula is C9H11N5O4. The predicted octanol–water partition coefficient (Wildman–Crippen LogP) is -0.505. The van der Waals surface area contributed by atoms with Crippen molar-refractivity contribution in [3.05, 3.63) is 43.5 Å². The second kappa shape index (κ2) is 5.05. The molecule has 0 unspecified atom stereocenters. The molecular weight excluding hydrogens is 242 g/mol. The van der Waals surface area contributed by atoms with Crippen molar-refractivity contribution in [2.45, 2.75) is 24.8 Å². The zero-order valence-corrected chi connectivity index (χ0v) is 9.26. The Morgan fingerprint density at radius 2 is 2.44 bits per heavy atom. The molecule has 0 radical (unpaired) electrons. The van der Waals surface area contributed by atoms with Crippen molar-refractivity contribution in [2.75, 3.05) is 6.61 Å². The van der Waals surface area contributed by atoms with Crippen molar-refractivity contribution in [1.82, 2.24) is 9.55 Å². The fourth-order valence-corrected chi connectivity index (χ4v) is 1.89. The fraction of sp³-hybridized carbons (Fsp3) is 0.556. The topological polar surface area (TPSA) is 133 Å². The molecule has 1 aromatic heterocycles. The molecule has 1 aliphatic rings. The Morgan fingerprint density at radius 3 is 3.06 bits per heavy atom. The summed E-state index contributed by atoms with van der Waals surface area (Å²) in [5, 5.41) is 12.6. The lowest BCUT2D eigenvalue weighted by Gasteiger charge is -2.13. The van der Waals surface area contributed by atoms with Crippen molar-refractivity contribution in [3.8, 4) is 0 Å². The smallest absolute Gasteiger partial charge is 0.330 e. The van der Waals surface area contributed by atoms with Gasteiger partial charge >= 0.3 is 5.69 Å². The van der Waals surface area contributed by atoms with Gasteiger partial charge in [-0.1, -0.05) is 5.11 Å². The molecule has 2 heterocycles. The number of azide groups is 1. The number of hydrogen-bond acceptors (Lipinski definition) is 5. The number of ether oxygens (including phenoxy) is 1. The van der Waals surface area contributed by atoms with E-state index in [1.165, 1.54) is 16.8 Å². The highest BCUT2D eigenvalue weighted by Gasteiger charge is 2.35. The van der Waals surface area contributed by atoms with E-state index in [2.05, 4.69) is 15.0 Å². The zero-order chi connectivity index (χ0) is 13.1. The Hall–Kier alpha value is -2.09. The van der Waals surface area contributed by atoms with Crippen LogP contribution in [0.5, 0.6) is 0 Å². The molecule has 2 rings (SSSR count). The third-order valence-electron chi connectivity index (χ3n) is 2.75. The molecule has 0 aromatic carbocycles. The highest BCUT2D eigenvalue weighted by atomic mass is 16.5. The Bertz CT molecular complexity index is 587. The van der Waals surface area contributed by atoms with E-state index in [-0.39, 0.29) is 13.0 Å². The number of aromatic nitrogens is 2. The number of H-pyrrole nitrogens is 1. The predicted molar refractivity (Wildman–Crippen MR) is 59.9 cm³/mol. The molecule has 0 aliphatic carbocycles. The van der Waals surface area contributed by atoms with Crippen LogP contribution in [0.2, 0.25) is 0 Å². The fourth-order valence-electron chi connectivity index (χ4n) is 1.89. The van der Waals surface area contributed by atoms with Gasteiger partial charge in [0.25, 0.3) is 5.56 Å². The molecule has 1 fully saturated rings. The van der Waals surface area contributed by atoms with Crippen LogP contribution in [0.1, 0.15) is 12.6 Å². The molecule has 0 saturated carbocycles. The lowest BCUT2D eigenvalue weighted by atomic mass is 10.1. The van der Waals surface area contributed by atoms with E-state index >= 15 is 0 Å². The Kier molecular flexibility index (Phi) is 3.47. The van der Waals surface area contributed by atoms with Crippen LogP contribution in [-0.2, 0) is 4.74 Å². The summed E-state index contributed by atoms with van der Waals surface area (Å²) in [4.78, 5) is 27.2. The van der Waals surface area contributed by atoms with E-state index in [9.17, 15) is 9.59 Å². The standard InChI is InChI=1S/C9H11N5O4/c10-13-12-5-3-8(18-6(5)4-15)14-2-1-7(16)11-9(14)17/h1-2,5-6,8,15H,3-4H2,(H,11,16,17)/t5-,6+,8+/m0/s1. The van der Waals surface area contributed by atoms with Gasteiger partial charge in [-0.2, -0.15) is 0 Å². The van der Waals surface area contributed by atoms with Crippen molar-refractivity contribution in [2.24, 2.45) is 5.11 Å². The van der Waals surface area contributed by atoms with Gasteiger partial charge in [0.05, 0.1) is 18.8 Å². The van der Waals surface area contributed by atoms with E-state index in [4.69, 9.17) is 15.4 Å². The average Bonchev–Trinajstić information content (AvgIpc) is 2.72. The van der Waals surface area contributed by atoms with Crippen LogP contribution in [-0.4, -0.2) is 33.4 Å². The Balaban J connectivity index is 2.28. The number of rotatable bonds is 3. The van der Waals surface area contributed by atoms with Gasteiger partial charge in [0.2, 0.25) is 0 Å². The number of aliphatic hydroxyl groups excluding tert-OH is 1. The van der Waals surface area contributed by atoms with Crippen molar-refractivity contribution in [3.63, 3.8) is 0 Å². The highest BCUT2D eigenvalue weighted by molar-refractivity contribution is 4.90. The van der Waals surface area contributed by atoms with E-state index < -0.39 is 29.6 Å². The summed E-state index contributed by atoms with van der Waals surface area (Å²) in [5.74, 6) is 0. The minimum atomic E-state index is -0.665. The van der Waals surface area contributed by atoms with Crippen molar-refractivity contribution >= 4 is 0 Å². The third-order valence-corrected chi connectivity index (χ3v) is 2.75. The van der Waals surface area contributed by atoms with E-state index in [1.807, 2.05) is 0 Å². The molecule has 9 nitrogen and oxygen atoms in total. The van der Waals surface area contributed by atoms with E-state index in [0.717, 1.165) is 0 Å². The quantitative estimate of drug-likeness (QED) is 0.426. The first-order valence-corrected chi connectivity index (χ1v) is 5.27. The van der Waals surface area contributed by atoms with Gasteiger partial charge in [-0.15, -0.1) is 0 Å². The Morgan fingerprint density at radius 1 is 1.67 bits per heavy atom. The first kappa shape index (κ1) is 12.4. The number of aromatic amines is 1. The molecule has 0 bridgehead atoms. The molecule has 18 heavy (non-hydrogen) atoms. The second-order valence-corrected chi connectivity index (χ2v) is 3.84. The van der Waals surface area contributed by atoms with Crippen LogP contribution >= 0.6 is 0 Å². The largest absolute Gasteiger partial charge is 0.394 e. The summed E-state index contributed by atoms with van der Waals surface area (Å²) >= 11 is 0. The molecule has 0 amide bonds. The van der Waals surface area contributed by atoms with Gasteiger partial charge < -0.3 is 9.84 Å². The summed E-state index contributed by atoms with van der Waals surface area (Å²) in [7, 11) is 0. The first-order valence-electron chi connectivity index (χ1n) is 5.27. The maximum Gasteiger partial charge on any atom is 0.330 e. The maximum absolute atomic E-state index is 11.5. The lowest BCUT2D eigenvalue weighted by molar-refractivity contribution is -0.0270. The minimum Gasteiger partial charge on any atom is -0.394 e. The van der Waals surface area contributed by atoms with E-state index in [0.29, 0.717) is 0 Å². The minimum absolute atomic E-state index is 0.265. The second-order valence-electron chi connectivity index (χ2n) is 3.84. The third kappa shape index (κ3) is 2.28.